The molecule has 3 rings (SSSR count). The molecule has 0 saturated carbocycles. The molecule has 1 aromatic heterocycles. The number of anilines is 1. The molecule has 0 amide bonds. The second-order valence-electron chi connectivity index (χ2n) is 5.29. The van der Waals surface area contributed by atoms with Crippen LogP contribution in [0.2, 0.25) is 0 Å². The summed E-state index contributed by atoms with van der Waals surface area (Å²) < 4.78 is 0. The van der Waals surface area contributed by atoms with E-state index in [1.807, 2.05) is 68.7 Å². The van der Waals surface area contributed by atoms with Gasteiger partial charge in [0.1, 0.15) is 0 Å². The molecule has 0 aliphatic carbocycles. The lowest BCUT2D eigenvalue weighted by Crippen LogP contribution is -2.07. The van der Waals surface area contributed by atoms with Crippen molar-refractivity contribution >= 4 is 22.1 Å². The lowest BCUT2D eigenvalue weighted by molar-refractivity contribution is 0.104. The van der Waals surface area contributed by atoms with Crippen molar-refractivity contribution in [1.82, 2.24) is 0 Å². The highest BCUT2D eigenvalue weighted by atomic mass is 32.1. The van der Waals surface area contributed by atoms with Crippen molar-refractivity contribution < 1.29 is 4.79 Å². The van der Waals surface area contributed by atoms with Gasteiger partial charge in [-0.25, -0.2) is 0 Å². The number of carbonyl (C=O) groups is 1. The summed E-state index contributed by atoms with van der Waals surface area (Å²) in [5, 5.41) is 1.10. The molecule has 3 heteroatoms. The maximum atomic E-state index is 12.7. The average Bonchev–Trinajstić information content (AvgIpc) is 3.01. The molecule has 0 aliphatic heterocycles. The average molecular weight is 307 g/mol. The molecule has 0 radical (unpaired) electrons. The van der Waals surface area contributed by atoms with Crippen LogP contribution >= 0.6 is 11.3 Å². The highest BCUT2D eigenvalue weighted by Crippen LogP contribution is 2.38. The van der Waals surface area contributed by atoms with Crippen LogP contribution in [0, 0.1) is 0 Å². The van der Waals surface area contributed by atoms with Crippen molar-refractivity contribution in [3.63, 3.8) is 0 Å². The molecule has 110 valence electrons. The maximum Gasteiger partial charge on any atom is 0.203 e. The summed E-state index contributed by atoms with van der Waals surface area (Å²) in [5.74, 6) is 0.0795. The van der Waals surface area contributed by atoms with Gasteiger partial charge in [-0.15, -0.1) is 11.3 Å². The van der Waals surface area contributed by atoms with Crippen molar-refractivity contribution in [3.8, 4) is 11.1 Å². The second kappa shape index (κ2) is 6.16. The van der Waals surface area contributed by atoms with Gasteiger partial charge >= 0.3 is 0 Å². The van der Waals surface area contributed by atoms with Gasteiger partial charge in [0.05, 0.1) is 9.88 Å². The highest BCUT2D eigenvalue weighted by Gasteiger charge is 2.18. The first-order valence-corrected chi connectivity index (χ1v) is 7.95. The number of benzene rings is 2. The van der Waals surface area contributed by atoms with Gasteiger partial charge in [-0.1, -0.05) is 60.7 Å². The number of rotatable bonds is 4. The zero-order valence-electron chi connectivity index (χ0n) is 12.6. The molecule has 0 spiro atoms. The fourth-order valence-electron chi connectivity index (χ4n) is 2.38. The zero-order chi connectivity index (χ0) is 15.5. The minimum atomic E-state index is 0.0795. The molecule has 0 saturated heterocycles. The number of hydrogen-bond donors (Lipinski definition) is 0. The lowest BCUT2D eigenvalue weighted by atomic mass is 10.1. The predicted molar refractivity (Wildman–Crippen MR) is 94.0 cm³/mol. The number of nitrogens with zero attached hydrogens (tertiary/aromatic N) is 1. The normalized spacial score (nSPS) is 10.5. The summed E-state index contributed by atoms with van der Waals surface area (Å²) >= 11 is 1.54. The van der Waals surface area contributed by atoms with Crippen molar-refractivity contribution in [3.05, 3.63) is 77.2 Å². The van der Waals surface area contributed by atoms with E-state index >= 15 is 0 Å². The van der Waals surface area contributed by atoms with E-state index < -0.39 is 0 Å². The number of ketones is 1. The molecular weight excluding hydrogens is 290 g/mol. The van der Waals surface area contributed by atoms with E-state index in [1.54, 1.807) is 11.3 Å². The minimum absolute atomic E-state index is 0.0795. The quantitative estimate of drug-likeness (QED) is 0.650. The summed E-state index contributed by atoms with van der Waals surface area (Å²) in [6.45, 7) is 0. The summed E-state index contributed by atoms with van der Waals surface area (Å²) in [6.07, 6.45) is 0. The Morgan fingerprint density at radius 1 is 0.909 bits per heavy atom. The summed E-state index contributed by atoms with van der Waals surface area (Å²) in [4.78, 5) is 15.5. The van der Waals surface area contributed by atoms with E-state index in [9.17, 15) is 4.79 Å². The van der Waals surface area contributed by atoms with Gasteiger partial charge in [-0.05, 0) is 11.6 Å². The molecule has 22 heavy (non-hydrogen) atoms. The van der Waals surface area contributed by atoms with E-state index in [4.69, 9.17) is 0 Å². The Bertz CT molecular complexity index is 776. The molecule has 0 N–H and O–H groups in total. The van der Waals surface area contributed by atoms with Gasteiger partial charge < -0.3 is 4.90 Å². The lowest BCUT2D eigenvalue weighted by Gasteiger charge is -2.12. The number of thiophene rings is 1. The van der Waals surface area contributed by atoms with Crippen LogP contribution in [-0.2, 0) is 0 Å². The molecule has 0 bridgehead atoms. The molecule has 2 aromatic carbocycles. The Morgan fingerprint density at radius 2 is 1.50 bits per heavy atom. The molecule has 0 unspecified atom stereocenters. The second-order valence-corrected chi connectivity index (χ2v) is 6.32. The van der Waals surface area contributed by atoms with E-state index in [-0.39, 0.29) is 5.78 Å². The van der Waals surface area contributed by atoms with Gasteiger partial charge in [0.15, 0.2) is 0 Å². The number of carbonyl (C=O) groups excluding carboxylic acids is 1. The van der Waals surface area contributed by atoms with Crippen LogP contribution in [0.25, 0.3) is 11.1 Å². The topological polar surface area (TPSA) is 20.3 Å². The van der Waals surface area contributed by atoms with Gasteiger partial charge in [0.2, 0.25) is 5.78 Å². The Hall–Kier alpha value is -2.39. The first-order valence-electron chi connectivity index (χ1n) is 7.13. The standard InChI is InChI=1S/C19H17NOS/c1-20(2)19-16(14-9-5-3-6-10-14)13-17(22-19)18(21)15-11-7-4-8-12-15/h3-13H,1-2H3. The first-order chi connectivity index (χ1) is 10.7. The molecule has 0 atom stereocenters. The van der Waals surface area contributed by atoms with Crippen LogP contribution < -0.4 is 4.90 Å². The smallest absolute Gasteiger partial charge is 0.203 e. The van der Waals surface area contributed by atoms with Crippen LogP contribution in [0.4, 0.5) is 5.00 Å². The third-order valence-corrected chi connectivity index (χ3v) is 4.76. The van der Waals surface area contributed by atoms with E-state index in [2.05, 4.69) is 17.0 Å². The SMILES string of the molecule is CN(C)c1sc(C(=O)c2ccccc2)cc1-c1ccccc1. The van der Waals surface area contributed by atoms with E-state index in [0.29, 0.717) is 0 Å². The van der Waals surface area contributed by atoms with Crippen molar-refractivity contribution in [2.75, 3.05) is 19.0 Å². The van der Waals surface area contributed by atoms with Gasteiger partial charge in [-0.2, -0.15) is 0 Å². The summed E-state index contributed by atoms with van der Waals surface area (Å²) in [7, 11) is 4.02. The largest absolute Gasteiger partial charge is 0.369 e. The number of hydrogen-bond acceptors (Lipinski definition) is 3. The van der Waals surface area contributed by atoms with Crippen molar-refractivity contribution in [2.45, 2.75) is 0 Å². The molecule has 3 aromatic rings. The molecule has 1 heterocycles. The first kappa shape index (κ1) is 14.5. The Morgan fingerprint density at radius 3 is 2.09 bits per heavy atom. The molecule has 2 nitrogen and oxygen atoms in total. The highest BCUT2D eigenvalue weighted by molar-refractivity contribution is 7.18. The maximum absolute atomic E-state index is 12.7. The molecular formula is C19H17NOS. The van der Waals surface area contributed by atoms with E-state index in [0.717, 1.165) is 26.6 Å². The van der Waals surface area contributed by atoms with Gasteiger partial charge in [-0.3, -0.25) is 4.79 Å². The van der Waals surface area contributed by atoms with Gasteiger partial charge in [0.25, 0.3) is 0 Å². The Kier molecular flexibility index (Phi) is 4.07. The molecule has 0 aliphatic rings. The fraction of sp³-hybridized carbons (Fsp3) is 0.105. The Balaban J connectivity index is 2.06. The fourth-order valence-corrected chi connectivity index (χ4v) is 3.45. The van der Waals surface area contributed by atoms with Gasteiger partial charge in [0, 0.05) is 25.2 Å². The van der Waals surface area contributed by atoms with Crippen LogP contribution in [0.1, 0.15) is 15.2 Å². The van der Waals surface area contributed by atoms with Crippen molar-refractivity contribution in [1.29, 1.82) is 0 Å². The van der Waals surface area contributed by atoms with Crippen LogP contribution in [0.15, 0.2) is 66.7 Å². The van der Waals surface area contributed by atoms with E-state index in [1.165, 1.54) is 0 Å². The zero-order valence-corrected chi connectivity index (χ0v) is 13.4. The monoisotopic (exact) mass is 307 g/mol. The Labute approximate surface area is 134 Å². The van der Waals surface area contributed by atoms with Crippen LogP contribution in [-0.4, -0.2) is 19.9 Å². The third kappa shape index (κ3) is 2.81. The van der Waals surface area contributed by atoms with Crippen LogP contribution in [0.5, 0.6) is 0 Å². The summed E-state index contributed by atoms with van der Waals surface area (Å²) in [5.41, 5.74) is 2.97. The predicted octanol–water partition coefficient (Wildman–Crippen LogP) is 4.71. The summed E-state index contributed by atoms with van der Waals surface area (Å²) in [6, 6.07) is 21.6. The van der Waals surface area contributed by atoms with Crippen molar-refractivity contribution in [2.24, 2.45) is 0 Å². The third-order valence-electron chi connectivity index (χ3n) is 3.46. The van der Waals surface area contributed by atoms with Crippen LogP contribution in [0.3, 0.4) is 0 Å². The minimum Gasteiger partial charge on any atom is -0.369 e. The molecule has 0 fully saturated rings.